The number of benzene rings is 1. The normalized spacial score (nSPS) is 17.1. The molecule has 0 amide bonds. The molecule has 1 aliphatic heterocycles. The van der Waals surface area contributed by atoms with Gasteiger partial charge in [-0.05, 0) is 26.0 Å². The van der Waals surface area contributed by atoms with Crippen molar-refractivity contribution < 1.29 is 13.5 Å². The lowest BCUT2D eigenvalue weighted by Crippen LogP contribution is -2.24. The number of hydrogen-bond donors (Lipinski definition) is 0. The molecule has 0 spiro atoms. The Morgan fingerprint density at radius 1 is 1.48 bits per heavy atom. The van der Waals surface area contributed by atoms with Crippen molar-refractivity contribution in [3.05, 3.63) is 39.0 Å². The van der Waals surface area contributed by atoms with E-state index in [1.807, 2.05) is 6.92 Å². The van der Waals surface area contributed by atoms with Crippen LogP contribution in [0.25, 0.3) is 5.69 Å². The maximum Gasteiger partial charge on any atom is 0.369 e. The van der Waals surface area contributed by atoms with Crippen LogP contribution in [0.4, 0.5) is 8.78 Å². The first-order valence-corrected chi connectivity index (χ1v) is 6.72. The fourth-order valence-electron chi connectivity index (χ4n) is 2.56. The second kappa shape index (κ2) is 4.84. The van der Waals surface area contributed by atoms with E-state index in [0.717, 1.165) is 4.68 Å². The predicted octanol–water partition coefficient (Wildman–Crippen LogP) is 2.71. The van der Waals surface area contributed by atoms with Gasteiger partial charge in [-0.3, -0.25) is 0 Å². The molecule has 0 aliphatic carbocycles. The third kappa shape index (κ3) is 2.12. The van der Waals surface area contributed by atoms with E-state index in [9.17, 15) is 13.6 Å². The van der Waals surface area contributed by atoms with Gasteiger partial charge in [-0.1, -0.05) is 11.6 Å². The Labute approximate surface area is 123 Å². The maximum atomic E-state index is 13.2. The minimum Gasteiger partial charge on any atom is -0.488 e. The van der Waals surface area contributed by atoms with E-state index in [1.165, 1.54) is 19.1 Å². The topological polar surface area (TPSA) is 49.1 Å². The number of alkyl halides is 2. The van der Waals surface area contributed by atoms with Crippen LogP contribution < -0.4 is 10.4 Å². The molecule has 0 radical (unpaired) electrons. The van der Waals surface area contributed by atoms with E-state index in [2.05, 4.69) is 4.98 Å². The zero-order valence-electron chi connectivity index (χ0n) is 11.3. The summed E-state index contributed by atoms with van der Waals surface area (Å²) in [5.41, 5.74) is 0.209. The van der Waals surface area contributed by atoms with Crippen LogP contribution in [-0.4, -0.2) is 20.5 Å². The highest BCUT2D eigenvalue weighted by Gasteiger charge is 2.28. The van der Waals surface area contributed by atoms with Crippen molar-refractivity contribution in [1.29, 1.82) is 0 Å². The molecule has 0 bridgehead atoms. The average Bonchev–Trinajstić information content (AvgIpc) is 2.91. The maximum absolute atomic E-state index is 13.2. The Kier molecular flexibility index (Phi) is 3.24. The number of halogens is 3. The number of nitrogens with zero attached hydrogens (tertiary/aromatic N) is 3. The summed E-state index contributed by atoms with van der Waals surface area (Å²) in [6, 6.07) is 3.06. The lowest BCUT2D eigenvalue weighted by molar-refractivity contribution is 0.0461. The third-order valence-electron chi connectivity index (χ3n) is 3.40. The summed E-state index contributed by atoms with van der Waals surface area (Å²) in [5, 5.41) is 0.394. The monoisotopic (exact) mass is 315 g/mol. The van der Waals surface area contributed by atoms with Gasteiger partial charge in [0, 0.05) is 12.0 Å². The second-order valence-electron chi connectivity index (χ2n) is 4.88. The standard InChI is InChI=1S/C13H12ClF2N3O2/c1-6-5-8-10(4-3-9(14)11(8)21-6)19-13(20)17-7(2)18(19)12(15)16/h3-4,6,12H,5H2,1-2H3. The molecule has 3 rings (SSSR count). The first-order chi connectivity index (χ1) is 9.90. The molecule has 21 heavy (non-hydrogen) atoms. The number of aryl methyl sites for hydroxylation is 1. The van der Waals surface area contributed by atoms with E-state index in [-0.39, 0.29) is 11.9 Å². The largest absolute Gasteiger partial charge is 0.488 e. The molecule has 112 valence electrons. The van der Waals surface area contributed by atoms with Crippen LogP contribution in [-0.2, 0) is 6.42 Å². The van der Waals surface area contributed by atoms with Crippen molar-refractivity contribution >= 4 is 11.6 Å². The highest BCUT2D eigenvalue weighted by Crippen LogP contribution is 2.39. The van der Waals surface area contributed by atoms with Crippen molar-refractivity contribution in [3.8, 4) is 11.4 Å². The van der Waals surface area contributed by atoms with Gasteiger partial charge in [-0.2, -0.15) is 18.4 Å². The molecule has 1 unspecified atom stereocenters. The minimum atomic E-state index is -2.87. The molecule has 0 saturated heterocycles. The molecule has 1 atom stereocenters. The zero-order valence-corrected chi connectivity index (χ0v) is 12.1. The van der Waals surface area contributed by atoms with Crippen LogP contribution in [0.5, 0.6) is 5.75 Å². The van der Waals surface area contributed by atoms with Gasteiger partial charge >= 0.3 is 12.2 Å². The zero-order chi connectivity index (χ0) is 15.3. The fourth-order valence-corrected chi connectivity index (χ4v) is 2.79. The smallest absolute Gasteiger partial charge is 0.369 e. The van der Waals surface area contributed by atoms with E-state index in [4.69, 9.17) is 16.3 Å². The molecule has 1 aliphatic rings. The van der Waals surface area contributed by atoms with Crippen molar-refractivity contribution in [2.24, 2.45) is 0 Å². The number of fused-ring (bicyclic) bond motifs is 1. The molecular weight excluding hydrogens is 304 g/mol. The van der Waals surface area contributed by atoms with Crippen LogP contribution in [0.1, 0.15) is 24.9 Å². The van der Waals surface area contributed by atoms with Gasteiger partial charge in [0.1, 0.15) is 17.7 Å². The first-order valence-electron chi connectivity index (χ1n) is 6.35. The van der Waals surface area contributed by atoms with E-state index >= 15 is 0 Å². The summed E-state index contributed by atoms with van der Waals surface area (Å²) in [4.78, 5) is 15.5. The molecule has 8 heteroatoms. The lowest BCUT2D eigenvalue weighted by atomic mass is 10.1. The van der Waals surface area contributed by atoms with Gasteiger partial charge in [0.05, 0.1) is 10.7 Å². The van der Waals surface area contributed by atoms with Crippen LogP contribution in [0.3, 0.4) is 0 Å². The number of hydrogen-bond acceptors (Lipinski definition) is 3. The lowest BCUT2D eigenvalue weighted by Gasteiger charge is -2.14. The molecule has 0 saturated carbocycles. The van der Waals surface area contributed by atoms with Gasteiger partial charge in [0.2, 0.25) is 0 Å². The number of ether oxygens (including phenoxy) is 1. The van der Waals surface area contributed by atoms with Gasteiger partial charge in [-0.15, -0.1) is 0 Å². The van der Waals surface area contributed by atoms with Gasteiger partial charge in [0.15, 0.2) is 0 Å². The van der Waals surface area contributed by atoms with Crippen LogP contribution in [0, 0.1) is 6.92 Å². The Morgan fingerprint density at radius 3 is 2.86 bits per heavy atom. The fraction of sp³-hybridized carbons (Fsp3) is 0.385. The number of rotatable bonds is 2. The molecule has 2 heterocycles. The SMILES string of the molecule is Cc1nc(=O)n(-c2ccc(Cl)c3c2CC(C)O3)n1C(F)F. The Hall–Kier alpha value is -1.89. The summed E-state index contributed by atoms with van der Waals surface area (Å²) in [6.07, 6.45) is 0.365. The Morgan fingerprint density at radius 2 is 2.19 bits per heavy atom. The van der Waals surface area contributed by atoms with Crippen LogP contribution in [0.2, 0.25) is 5.02 Å². The summed E-state index contributed by atoms with van der Waals surface area (Å²) in [5.74, 6) is 0.388. The van der Waals surface area contributed by atoms with E-state index < -0.39 is 12.2 Å². The van der Waals surface area contributed by atoms with E-state index in [1.54, 1.807) is 0 Å². The average molecular weight is 316 g/mol. The van der Waals surface area contributed by atoms with Crippen molar-refractivity contribution in [2.75, 3.05) is 0 Å². The van der Waals surface area contributed by atoms with Crippen molar-refractivity contribution in [3.63, 3.8) is 0 Å². The minimum absolute atomic E-state index is 0.0503. The summed E-state index contributed by atoms with van der Waals surface area (Å²) >= 11 is 6.06. The Balaban J connectivity index is 2.29. The molecule has 0 N–H and O–H groups in total. The third-order valence-corrected chi connectivity index (χ3v) is 3.69. The summed E-state index contributed by atoms with van der Waals surface area (Å²) in [7, 11) is 0. The van der Waals surface area contributed by atoms with Gasteiger partial charge in [0.25, 0.3) is 0 Å². The molecule has 5 nitrogen and oxygen atoms in total. The quantitative estimate of drug-likeness (QED) is 0.856. The molecule has 1 aromatic carbocycles. The van der Waals surface area contributed by atoms with Crippen molar-refractivity contribution in [2.45, 2.75) is 32.9 Å². The van der Waals surface area contributed by atoms with Crippen molar-refractivity contribution in [1.82, 2.24) is 14.3 Å². The molecule has 1 aromatic heterocycles. The van der Waals surface area contributed by atoms with Gasteiger partial charge in [-0.25, -0.2) is 9.48 Å². The Bertz CT molecular complexity index is 770. The number of aromatic nitrogens is 3. The predicted molar refractivity (Wildman–Crippen MR) is 72.6 cm³/mol. The molecule has 0 fully saturated rings. The highest BCUT2D eigenvalue weighted by molar-refractivity contribution is 6.32. The van der Waals surface area contributed by atoms with E-state index in [0.29, 0.717) is 33.1 Å². The molecular formula is C13H12ClF2N3O2. The highest BCUT2D eigenvalue weighted by atomic mass is 35.5. The second-order valence-corrected chi connectivity index (χ2v) is 5.29. The van der Waals surface area contributed by atoms with Crippen LogP contribution >= 0.6 is 11.6 Å². The summed E-state index contributed by atoms with van der Waals surface area (Å²) < 4.78 is 33.4. The van der Waals surface area contributed by atoms with Gasteiger partial charge < -0.3 is 4.74 Å². The first kappa shape index (κ1) is 14.1. The molecule has 2 aromatic rings. The summed E-state index contributed by atoms with van der Waals surface area (Å²) in [6.45, 7) is 0.337. The van der Waals surface area contributed by atoms with Crippen LogP contribution in [0.15, 0.2) is 16.9 Å².